The topological polar surface area (TPSA) is 135 Å². The van der Waals surface area contributed by atoms with E-state index in [-0.39, 0.29) is 55.9 Å². The van der Waals surface area contributed by atoms with Gasteiger partial charge < -0.3 is 34.4 Å². The lowest BCUT2D eigenvalue weighted by Crippen LogP contribution is -2.59. The van der Waals surface area contributed by atoms with Crippen LogP contribution in [0.5, 0.6) is 0 Å². The zero-order valence-electron chi connectivity index (χ0n) is 29.0. The lowest BCUT2D eigenvalue weighted by molar-refractivity contribution is -0.163. The Kier molecular flexibility index (Phi) is 12.6. The van der Waals surface area contributed by atoms with Crippen molar-refractivity contribution in [3.63, 3.8) is 0 Å². The summed E-state index contributed by atoms with van der Waals surface area (Å²) >= 11 is 0. The number of amides is 3. The van der Waals surface area contributed by atoms with Crippen LogP contribution in [0.2, 0.25) is 0 Å². The molecule has 4 rings (SSSR count). The molecule has 3 fully saturated rings. The van der Waals surface area contributed by atoms with E-state index in [9.17, 15) is 24.3 Å². The fraction of sp³-hybridized carbons (Fsp3) is 0.622. The molecule has 3 amide bonds. The van der Waals surface area contributed by atoms with Gasteiger partial charge in [0, 0.05) is 26.1 Å². The molecule has 3 aliphatic rings. The Morgan fingerprint density at radius 2 is 1.88 bits per heavy atom. The van der Waals surface area contributed by atoms with E-state index in [0.717, 1.165) is 0 Å². The number of nitrogens with one attached hydrogen (secondary N) is 1. The molecule has 1 spiro atoms. The number of ether oxygens (including phenoxy) is 3. The van der Waals surface area contributed by atoms with Crippen LogP contribution in [0.1, 0.15) is 71.5 Å². The molecule has 0 radical (unpaired) electrons. The number of aliphatic hydroxyl groups is 1. The molecular formula is C37H53N3O8. The third kappa shape index (κ3) is 7.38. The van der Waals surface area contributed by atoms with Crippen LogP contribution in [-0.4, -0.2) is 101 Å². The fourth-order valence-corrected chi connectivity index (χ4v) is 7.83. The molecule has 0 aromatic heterocycles. The number of nitrogens with zero attached hydrogens (tertiary/aromatic N) is 2. The second-order valence-corrected chi connectivity index (χ2v) is 13.9. The van der Waals surface area contributed by atoms with Gasteiger partial charge >= 0.3 is 5.97 Å². The third-order valence-electron chi connectivity index (χ3n) is 9.83. The highest BCUT2D eigenvalue weighted by Crippen LogP contribution is 2.59. The van der Waals surface area contributed by atoms with E-state index >= 15 is 0 Å². The number of likely N-dealkylation sites (tertiary alicyclic amines) is 1. The third-order valence-corrected chi connectivity index (χ3v) is 9.83. The first-order chi connectivity index (χ1) is 22.9. The van der Waals surface area contributed by atoms with E-state index in [0.29, 0.717) is 31.2 Å². The maximum atomic E-state index is 14.6. The van der Waals surface area contributed by atoms with E-state index in [1.54, 1.807) is 17.1 Å². The van der Waals surface area contributed by atoms with Gasteiger partial charge in [0.25, 0.3) is 0 Å². The van der Waals surface area contributed by atoms with Crippen LogP contribution in [0.3, 0.4) is 0 Å². The first kappa shape index (κ1) is 37.3. The average molecular weight is 668 g/mol. The van der Waals surface area contributed by atoms with Crippen molar-refractivity contribution in [1.82, 2.24) is 15.1 Å². The van der Waals surface area contributed by atoms with Crippen molar-refractivity contribution in [3.8, 4) is 0 Å². The number of esters is 1. The number of fused-ring (bicyclic) bond motifs is 1. The van der Waals surface area contributed by atoms with Crippen LogP contribution in [-0.2, 0) is 33.4 Å². The molecule has 0 aliphatic carbocycles. The minimum Gasteiger partial charge on any atom is -0.455 e. The average Bonchev–Trinajstić information content (AvgIpc) is 3.71. The van der Waals surface area contributed by atoms with Crippen molar-refractivity contribution in [2.45, 2.75) is 102 Å². The number of benzene rings is 1. The maximum Gasteiger partial charge on any atom is 0.313 e. The Labute approximate surface area is 284 Å². The van der Waals surface area contributed by atoms with Crippen molar-refractivity contribution >= 4 is 23.7 Å². The summed E-state index contributed by atoms with van der Waals surface area (Å²) in [6, 6.07) is 6.52. The van der Waals surface area contributed by atoms with Gasteiger partial charge in [0.05, 0.1) is 43.2 Å². The second-order valence-electron chi connectivity index (χ2n) is 13.9. The number of hydrogen-bond acceptors (Lipinski definition) is 8. The molecule has 0 saturated carbocycles. The van der Waals surface area contributed by atoms with Crippen LogP contribution < -0.4 is 5.32 Å². The number of allylic oxidation sites excluding steroid dienone is 1. The van der Waals surface area contributed by atoms with Crippen LogP contribution in [0.15, 0.2) is 55.6 Å². The zero-order valence-corrected chi connectivity index (χ0v) is 29.0. The highest BCUT2D eigenvalue weighted by atomic mass is 16.6. The Bertz CT molecular complexity index is 1320. The van der Waals surface area contributed by atoms with Crippen molar-refractivity contribution in [3.05, 3.63) is 61.2 Å². The van der Waals surface area contributed by atoms with E-state index in [4.69, 9.17) is 14.2 Å². The summed E-state index contributed by atoms with van der Waals surface area (Å²) in [5.74, 6) is -3.39. The highest BCUT2D eigenvalue weighted by Gasteiger charge is 2.75. The van der Waals surface area contributed by atoms with Gasteiger partial charge in [-0.05, 0) is 51.0 Å². The minimum absolute atomic E-state index is 0.0651. The lowest BCUT2D eigenvalue weighted by Gasteiger charge is -2.40. The molecule has 8 atom stereocenters. The Balaban J connectivity index is 1.74. The molecule has 3 heterocycles. The molecule has 2 N–H and O–H groups in total. The summed E-state index contributed by atoms with van der Waals surface area (Å²) in [6.45, 7) is 15.3. The Morgan fingerprint density at radius 1 is 1.17 bits per heavy atom. The molecule has 11 nitrogen and oxygen atoms in total. The molecule has 11 heteroatoms. The van der Waals surface area contributed by atoms with Crippen molar-refractivity contribution in [2.75, 3.05) is 26.9 Å². The van der Waals surface area contributed by atoms with Crippen LogP contribution in [0, 0.1) is 17.8 Å². The van der Waals surface area contributed by atoms with Crippen molar-refractivity contribution < 1.29 is 38.5 Å². The van der Waals surface area contributed by atoms with E-state index in [1.165, 1.54) is 12.0 Å². The molecule has 1 aromatic carbocycles. The van der Waals surface area contributed by atoms with Gasteiger partial charge in [-0.25, -0.2) is 0 Å². The van der Waals surface area contributed by atoms with Crippen LogP contribution in [0.4, 0.5) is 0 Å². The normalized spacial score (nSPS) is 26.2. The van der Waals surface area contributed by atoms with Gasteiger partial charge in [-0.1, -0.05) is 56.3 Å². The summed E-state index contributed by atoms with van der Waals surface area (Å²) < 4.78 is 18.4. The largest absolute Gasteiger partial charge is 0.455 e. The fourth-order valence-electron chi connectivity index (χ4n) is 7.83. The van der Waals surface area contributed by atoms with E-state index in [2.05, 4.69) is 18.5 Å². The summed E-state index contributed by atoms with van der Waals surface area (Å²) in [5.41, 5.74) is -0.605. The standard InChI is InChI=1S/C37H53N3O8/c1-8-10-16-29(42)38-27(22-46-7)32(25-14-12-11-13-15-25)47-36(45)30-28-17-18-37(48-28)31(30)34(43)40(26(21-41)20-23(3)4)33(37)35(44)39(19-9-2)24(5)6/h8-9,11-15,23-24,26-28,30-33,41H,1-2,10,16-22H2,3-7H3,(H,38,42)/t26-,27+,28-,30+,31+,32+,33-,37+/m1/s1. The van der Waals surface area contributed by atoms with Gasteiger partial charge in [0.1, 0.15) is 17.7 Å². The first-order valence-corrected chi connectivity index (χ1v) is 17.1. The van der Waals surface area contributed by atoms with Gasteiger partial charge in [-0.15, -0.1) is 13.2 Å². The predicted molar refractivity (Wildman–Crippen MR) is 180 cm³/mol. The van der Waals surface area contributed by atoms with Gasteiger partial charge in [-0.3, -0.25) is 19.2 Å². The summed E-state index contributed by atoms with van der Waals surface area (Å²) in [4.78, 5) is 59.5. The summed E-state index contributed by atoms with van der Waals surface area (Å²) in [7, 11) is 1.50. The maximum absolute atomic E-state index is 14.6. The first-order valence-electron chi connectivity index (χ1n) is 17.1. The highest BCUT2D eigenvalue weighted by molar-refractivity contribution is 5.98. The molecule has 3 saturated heterocycles. The molecule has 3 aliphatic heterocycles. The monoisotopic (exact) mass is 667 g/mol. The van der Waals surface area contributed by atoms with Gasteiger partial charge in [0.15, 0.2) is 0 Å². The van der Waals surface area contributed by atoms with Gasteiger partial charge in [-0.2, -0.15) is 0 Å². The SMILES string of the molecule is C=CCCC(=O)N[C@@H](COC)[C@@H](OC(=O)[C@@H]1[C@H]2C(=O)N([C@@H](CO)CC(C)C)[C@H](C(=O)N(CC=C)C(C)C)[C@]23CC[C@H]1O3)c1ccccc1. The Morgan fingerprint density at radius 3 is 2.46 bits per heavy atom. The van der Waals surface area contributed by atoms with Crippen molar-refractivity contribution in [1.29, 1.82) is 0 Å². The number of rotatable bonds is 18. The number of hydrogen-bond donors (Lipinski definition) is 2. The zero-order chi connectivity index (χ0) is 35.2. The molecular weight excluding hydrogens is 614 g/mol. The molecule has 48 heavy (non-hydrogen) atoms. The lowest BCUT2D eigenvalue weighted by atomic mass is 9.70. The molecule has 264 valence electrons. The summed E-state index contributed by atoms with van der Waals surface area (Å²) in [6.07, 6.45) is 3.79. The second kappa shape index (κ2) is 16.2. The van der Waals surface area contributed by atoms with Crippen LogP contribution >= 0.6 is 0 Å². The number of aliphatic hydroxyl groups excluding tert-OH is 1. The Hall–Kier alpha value is -3.54. The molecule has 1 aromatic rings. The predicted octanol–water partition coefficient (Wildman–Crippen LogP) is 3.57. The van der Waals surface area contributed by atoms with Crippen LogP contribution in [0.25, 0.3) is 0 Å². The minimum atomic E-state index is -1.26. The van der Waals surface area contributed by atoms with E-state index in [1.807, 2.05) is 58.0 Å². The number of carbonyl (C=O) groups excluding carboxylic acids is 4. The summed E-state index contributed by atoms with van der Waals surface area (Å²) in [5, 5.41) is 13.5. The smallest absolute Gasteiger partial charge is 0.313 e. The van der Waals surface area contributed by atoms with Crippen molar-refractivity contribution in [2.24, 2.45) is 17.8 Å². The molecule has 2 bridgehead atoms. The van der Waals surface area contributed by atoms with E-state index < -0.39 is 53.7 Å². The number of carbonyl (C=O) groups is 4. The molecule has 0 unspecified atom stereocenters. The number of methoxy groups -OCH3 is 1. The quantitative estimate of drug-likeness (QED) is 0.179. The van der Waals surface area contributed by atoms with Gasteiger partial charge in [0.2, 0.25) is 17.7 Å².